The monoisotopic (exact) mass is 455 g/mol. The molecular formula is C28H26FN3O2. The number of carbonyl (C=O) groups excluding carboxylic acids is 1. The molecule has 34 heavy (non-hydrogen) atoms. The molecule has 1 aliphatic heterocycles. The molecule has 2 aromatic carbocycles. The van der Waals surface area contributed by atoms with Crippen molar-refractivity contribution in [2.24, 2.45) is 0 Å². The van der Waals surface area contributed by atoms with Gasteiger partial charge in [-0.2, -0.15) is 0 Å². The number of rotatable bonds is 6. The van der Waals surface area contributed by atoms with Gasteiger partial charge in [-0.15, -0.1) is 0 Å². The van der Waals surface area contributed by atoms with Crippen LogP contribution in [0, 0.1) is 5.82 Å². The number of amides is 1. The summed E-state index contributed by atoms with van der Waals surface area (Å²) >= 11 is 0. The lowest BCUT2D eigenvalue weighted by Gasteiger charge is -2.31. The standard InChI is InChI=1S/C28H26FN3O2/c29-24-11-8-21(9-12-24)15-25-13-10-22(17-30-25)28(33)32-14-4-7-23(19-32)27-31-18-26(34-27)16-20-5-2-1-3-6-20/h1-3,5-6,8-13,17-18,23H,4,7,14-16,19H2/t23-/m1/s1. The summed E-state index contributed by atoms with van der Waals surface area (Å²) in [5.74, 6) is 1.35. The molecule has 0 radical (unpaired) electrons. The fraction of sp³-hybridized carbons (Fsp3) is 0.250. The third kappa shape index (κ3) is 5.22. The number of piperidine rings is 1. The van der Waals surface area contributed by atoms with Crippen LogP contribution < -0.4 is 0 Å². The first-order chi connectivity index (χ1) is 16.6. The highest BCUT2D eigenvalue weighted by molar-refractivity contribution is 5.94. The van der Waals surface area contributed by atoms with E-state index in [2.05, 4.69) is 22.1 Å². The van der Waals surface area contributed by atoms with Gasteiger partial charge in [0.2, 0.25) is 0 Å². The second kappa shape index (κ2) is 10.00. The Morgan fingerprint density at radius 2 is 1.74 bits per heavy atom. The van der Waals surface area contributed by atoms with E-state index in [-0.39, 0.29) is 17.6 Å². The minimum absolute atomic E-state index is 0.0263. The number of likely N-dealkylation sites (tertiary alicyclic amines) is 1. The molecular weight excluding hydrogens is 429 g/mol. The van der Waals surface area contributed by atoms with Gasteiger partial charge < -0.3 is 9.32 Å². The van der Waals surface area contributed by atoms with Crippen LogP contribution in [0.4, 0.5) is 4.39 Å². The van der Waals surface area contributed by atoms with E-state index in [4.69, 9.17) is 4.42 Å². The Kier molecular flexibility index (Phi) is 6.47. The minimum atomic E-state index is -0.255. The second-order valence-electron chi connectivity index (χ2n) is 8.76. The SMILES string of the molecule is O=C(c1ccc(Cc2ccc(F)cc2)nc1)N1CCC[C@@H](c2ncc(Cc3ccccc3)o2)C1. The summed E-state index contributed by atoms with van der Waals surface area (Å²) < 4.78 is 19.2. The van der Waals surface area contributed by atoms with E-state index in [1.807, 2.05) is 35.2 Å². The van der Waals surface area contributed by atoms with Crippen molar-refractivity contribution < 1.29 is 13.6 Å². The van der Waals surface area contributed by atoms with Crippen molar-refractivity contribution in [1.29, 1.82) is 0 Å². The fourth-order valence-electron chi connectivity index (χ4n) is 4.40. The first-order valence-corrected chi connectivity index (χ1v) is 11.6. The average Bonchev–Trinajstić information content (AvgIpc) is 3.35. The predicted molar refractivity (Wildman–Crippen MR) is 127 cm³/mol. The van der Waals surface area contributed by atoms with E-state index < -0.39 is 0 Å². The van der Waals surface area contributed by atoms with E-state index in [9.17, 15) is 9.18 Å². The predicted octanol–water partition coefficient (Wildman–Crippen LogP) is 5.41. The molecule has 172 valence electrons. The molecule has 0 N–H and O–H groups in total. The summed E-state index contributed by atoms with van der Waals surface area (Å²) in [5.41, 5.74) is 3.57. The van der Waals surface area contributed by atoms with Crippen LogP contribution in [0.5, 0.6) is 0 Å². The molecule has 5 nitrogen and oxygen atoms in total. The Balaban J connectivity index is 1.21. The molecule has 1 amide bonds. The molecule has 0 bridgehead atoms. The zero-order valence-corrected chi connectivity index (χ0v) is 18.9. The number of carbonyl (C=O) groups is 1. The molecule has 1 atom stereocenters. The summed E-state index contributed by atoms with van der Waals surface area (Å²) in [6, 6.07) is 20.2. The third-order valence-corrected chi connectivity index (χ3v) is 6.22. The molecule has 5 rings (SSSR count). The van der Waals surface area contributed by atoms with Gasteiger partial charge in [0.1, 0.15) is 11.6 Å². The molecule has 1 aliphatic rings. The van der Waals surface area contributed by atoms with Gasteiger partial charge in [-0.25, -0.2) is 9.37 Å². The van der Waals surface area contributed by atoms with E-state index in [0.717, 1.165) is 29.9 Å². The summed E-state index contributed by atoms with van der Waals surface area (Å²) in [4.78, 5) is 24.0. The zero-order chi connectivity index (χ0) is 23.3. The molecule has 1 fully saturated rings. The first kappa shape index (κ1) is 22.0. The lowest BCUT2D eigenvalue weighted by molar-refractivity contribution is 0.0697. The van der Waals surface area contributed by atoms with Crippen molar-refractivity contribution in [2.45, 2.75) is 31.6 Å². The Labute approximate surface area is 198 Å². The summed E-state index contributed by atoms with van der Waals surface area (Å²) in [6.45, 7) is 1.30. The van der Waals surface area contributed by atoms with Crippen LogP contribution in [-0.2, 0) is 12.8 Å². The fourth-order valence-corrected chi connectivity index (χ4v) is 4.40. The van der Waals surface area contributed by atoms with Gasteiger partial charge in [0, 0.05) is 37.8 Å². The Morgan fingerprint density at radius 1 is 0.941 bits per heavy atom. The number of oxazole rings is 1. The van der Waals surface area contributed by atoms with Gasteiger partial charge in [0.15, 0.2) is 5.89 Å². The van der Waals surface area contributed by atoms with Gasteiger partial charge in [0.05, 0.1) is 17.7 Å². The van der Waals surface area contributed by atoms with Crippen LogP contribution in [0.25, 0.3) is 0 Å². The Hall–Kier alpha value is -3.80. The number of hydrogen-bond acceptors (Lipinski definition) is 4. The summed E-state index contributed by atoms with van der Waals surface area (Å²) in [7, 11) is 0. The molecule has 0 spiro atoms. The number of benzene rings is 2. The van der Waals surface area contributed by atoms with Gasteiger partial charge in [0.25, 0.3) is 5.91 Å². The Morgan fingerprint density at radius 3 is 2.50 bits per heavy atom. The van der Waals surface area contributed by atoms with Gasteiger partial charge in [-0.1, -0.05) is 42.5 Å². The van der Waals surface area contributed by atoms with E-state index in [1.54, 1.807) is 24.5 Å². The maximum absolute atomic E-state index is 13.1. The van der Waals surface area contributed by atoms with E-state index in [0.29, 0.717) is 37.4 Å². The Bertz CT molecular complexity index is 1240. The van der Waals surface area contributed by atoms with Crippen LogP contribution in [0.3, 0.4) is 0 Å². The van der Waals surface area contributed by atoms with Gasteiger partial charge in [-0.05, 0) is 48.2 Å². The maximum atomic E-state index is 13.1. The third-order valence-electron chi connectivity index (χ3n) is 6.22. The van der Waals surface area contributed by atoms with Crippen molar-refractivity contribution in [1.82, 2.24) is 14.9 Å². The van der Waals surface area contributed by atoms with Crippen LogP contribution in [0.15, 0.2) is 83.5 Å². The molecule has 0 aliphatic carbocycles. The van der Waals surface area contributed by atoms with Crippen molar-refractivity contribution in [3.8, 4) is 0 Å². The van der Waals surface area contributed by atoms with Crippen molar-refractivity contribution >= 4 is 5.91 Å². The average molecular weight is 456 g/mol. The first-order valence-electron chi connectivity index (χ1n) is 11.6. The lowest BCUT2D eigenvalue weighted by Crippen LogP contribution is -2.39. The number of halogens is 1. The summed E-state index contributed by atoms with van der Waals surface area (Å²) in [5, 5.41) is 0. The largest absolute Gasteiger partial charge is 0.445 e. The van der Waals surface area contributed by atoms with E-state index >= 15 is 0 Å². The molecule has 0 unspecified atom stereocenters. The highest BCUT2D eigenvalue weighted by Crippen LogP contribution is 2.28. The van der Waals surface area contributed by atoms with Gasteiger partial charge >= 0.3 is 0 Å². The topological polar surface area (TPSA) is 59.2 Å². The molecule has 1 saturated heterocycles. The molecule has 2 aromatic heterocycles. The normalized spacial score (nSPS) is 15.9. The van der Waals surface area contributed by atoms with Crippen LogP contribution in [0.1, 0.15) is 57.6 Å². The quantitative estimate of drug-likeness (QED) is 0.390. The highest BCUT2D eigenvalue weighted by Gasteiger charge is 2.28. The van der Waals surface area contributed by atoms with Crippen LogP contribution >= 0.6 is 0 Å². The maximum Gasteiger partial charge on any atom is 0.255 e. The minimum Gasteiger partial charge on any atom is -0.445 e. The number of nitrogens with zero attached hydrogens (tertiary/aromatic N) is 3. The summed E-state index contributed by atoms with van der Waals surface area (Å²) in [6.07, 6.45) is 6.59. The number of aromatic nitrogens is 2. The molecule has 6 heteroatoms. The lowest BCUT2D eigenvalue weighted by atomic mass is 9.97. The van der Waals surface area contributed by atoms with Crippen molar-refractivity contribution in [3.05, 3.63) is 119 Å². The number of hydrogen-bond donors (Lipinski definition) is 0. The van der Waals surface area contributed by atoms with E-state index in [1.165, 1.54) is 17.7 Å². The molecule has 3 heterocycles. The molecule has 4 aromatic rings. The van der Waals surface area contributed by atoms with Crippen LogP contribution in [0.2, 0.25) is 0 Å². The van der Waals surface area contributed by atoms with Gasteiger partial charge in [-0.3, -0.25) is 9.78 Å². The van der Waals surface area contributed by atoms with Crippen molar-refractivity contribution in [3.63, 3.8) is 0 Å². The zero-order valence-electron chi connectivity index (χ0n) is 18.9. The highest BCUT2D eigenvalue weighted by atomic mass is 19.1. The van der Waals surface area contributed by atoms with Crippen LogP contribution in [-0.4, -0.2) is 33.9 Å². The smallest absolute Gasteiger partial charge is 0.255 e. The van der Waals surface area contributed by atoms with Crippen molar-refractivity contribution in [2.75, 3.05) is 13.1 Å². The second-order valence-corrected chi connectivity index (χ2v) is 8.76. The number of pyridine rings is 1. The molecule has 0 saturated carbocycles.